The molecule has 0 aliphatic carbocycles. The summed E-state index contributed by atoms with van der Waals surface area (Å²) < 4.78 is 50.7. The maximum absolute atomic E-state index is 13.0. The van der Waals surface area contributed by atoms with Crippen LogP contribution in [0.3, 0.4) is 0 Å². The molecule has 5 rings (SSSR count). The number of amides is 2. The number of carboxylic acids is 1. The first-order chi connectivity index (χ1) is 32.0. The molecule has 0 radical (unpaired) electrons. The Hall–Kier alpha value is -2.59. The first-order valence-corrected chi connectivity index (χ1v) is 21.2. The number of hydrogen-bond acceptors (Lipinski definition) is 28. The van der Waals surface area contributed by atoms with Gasteiger partial charge in [-0.1, -0.05) is 0 Å². The van der Waals surface area contributed by atoms with E-state index in [1.807, 2.05) is 0 Å². The summed E-state index contributed by atoms with van der Waals surface area (Å²) in [4.78, 5) is 37.7. The Morgan fingerprint density at radius 1 is 0.574 bits per heavy atom. The minimum atomic E-state index is -3.19. The first kappa shape index (κ1) is 56.3. The molecule has 5 heterocycles. The van der Waals surface area contributed by atoms with E-state index in [4.69, 9.17) is 42.6 Å². The lowest BCUT2D eigenvalue weighted by Crippen LogP contribution is -2.71. The van der Waals surface area contributed by atoms with E-state index in [1.165, 1.54) is 0 Å². The van der Waals surface area contributed by atoms with Crippen molar-refractivity contribution in [1.29, 1.82) is 0 Å². The van der Waals surface area contributed by atoms with Gasteiger partial charge in [-0.15, -0.1) is 0 Å². The number of carboxylic acid groups (broad SMARTS) is 1. The molecule has 0 aromatic rings. The highest BCUT2D eigenvalue weighted by Gasteiger charge is 2.61. The van der Waals surface area contributed by atoms with Crippen molar-refractivity contribution in [1.82, 2.24) is 10.6 Å². The molecular weight excluding hydrogens is 936 g/mol. The number of nitrogens with one attached hydrogen (secondary N) is 2. The van der Waals surface area contributed by atoms with E-state index in [0.29, 0.717) is 0 Å². The summed E-state index contributed by atoms with van der Waals surface area (Å²) in [6.45, 7) is -3.28. The lowest BCUT2D eigenvalue weighted by atomic mass is 9.88. The van der Waals surface area contributed by atoms with Crippen molar-refractivity contribution in [2.75, 3.05) is 33.0 Å². The fraction of sp³-hybridized carbons (Fsp3) is 0.919. The highest BCUT2D eigenvalue weighted by Crippen LogP contribution is 2.39. The van der Waals surface area contributed by atoms with E-state index in [-0.39, 0.29) is 0 Å². The molecule has 19 N–H and O–H groups in total. The number of carbonyl (C=O) groups excluding carboxylic acids is 2. The molecule has 26 atom stereocenters. The Bertz CT molecular complexity index is 1660. The van der Waals surface area contributed by atoms with Crippen molar-refractivity contribution >= 4 is 17.8 Å². The van der Waals surface area contributed by atoms with Crippen LogP contribution in [0.15, 0.2) is 0 Å². The molecule has 5 fully saturated rings. The van der Waals surface area contributed by atoms with Crippen LogP contribution in [0.25, 0.3) is 0 Å². The SMILES string of the molecule is CC(=O)N[C@H]1[C@H](O[C@H]2[C@@H](O)[C@@H](CO)O[C@@H](O[C@H]3[C@H](O)[C@@H](O)C(O)O[C@@H]3CO)[C@@H]2O)O[C@H](CO)[C@@H](O)[C@@H]1O[C@@H]1O[C@H](CO)[C@H](O)[C@H](O[C@]2(C(=O)O)C[C@H](O)[C@@H](NC(C)=O)[C@H]([C@H](O)[C@H](O)CO)O2)[C@H]1O. The van der Waals surface area contributed by atoms with Gasteiger partial charge in [-0.3, -0.25) is 9.59 Å². The fourth-order valence-electron chi connectivity index (χ4n) is 8.53. The molecule has 5 saturated heterocycles. The summed E-state index contributed by atoms with van der Waals surface area (Å²) in [5, 5.41) is 185. The Morgan fingerprint density at radius 2 is 1.03 bits per heavy atom. The van der Waals surface area contributed by atoms with Crippen LogP contribution in [-0.4, -0.2) is 297 Å². The third-order valence-corrected chi connectivity index (χ3v) is 12.1. The number of aliphatic hydroxyl groups is 16. The highest BCUT2D eigenvalue weighted by atomic mass is 16.8. The fourth-order valence-corrected chi connectivity index (χ4v) is 8.53. The monoisotopic (exact) mass is 998 g/mol. The molecule has 0 aromatic heterocycles. The van der Waals surface area contributed by atoms with Gasteiger partial charge in [0.25, 0.3) is 5.79 Å². The van der Waals surface area contributed by atoms with Crippen LogP contribution in [0.1, 0.15) is 20.3 Å². The van der Waals surface area contributed by atoms with Gasteiger partial charge in [0, 0.05) is 20.3 Å². The van der Waals surface area contributed by atoms with Gasteiger partial charge in [0.2, 0.25) is 11.8 Å². The van der Waals surface area contributed by atoms with E-state index in [0.717, 1.165) is 13.8 Å². The summed E-state index contributed by atoms with van der Waals surface area (Å²) >= 11 is 0. The molecule has 394 valence electrons. The molecule has 5 aliphatic heterocycles. The largest absolute Gasteiger partial charge is 0.477 e. The third kappa shape index (κ3) is 11.8. The number of hydrogen-bond donors (Lipinski definition) is 19. The van der Waals surface area contributed by atoms with E-state index in [9.17, 15) is 101 Å². The average Bonchev–Trinajstić information content (AvgIpc) is 3.29. The lowest BCUT2D eigenvalue weighted by molar-refractivity contribution is -0.389. The molecule has 0 bridgehead atoms. The van der Waals surface area contributed by atoms with Crippen LogP contribution in [0.4, 0.5) is 0 Å². The Labute approximate surface area is 384 Å². The van der Waals surface area contributed by atoms with Crippen LogP contribution in [0, 0.1) is 0 Å². The van der Waals surface area contributed by atoms with Crippen molar-refractivity contribution in [3.63, 3.8) is 0 Å². The van der Waals surface area contributed by atoms with Crippen molar-refractivity contribution < 1.29 is 144 Å². The van der Waals surface area contributed by atoms with Crippen LogP contribution in [0.5, 0.6) is 0 Å². The predicted octanol–water partition coefficient (Wildman–Crippen LogP) is -12.4. The Morgan fingerprint density at radius 3 is 1.53 bits per heavy atom. The number of ether oxygens (including phenoxy) is 9. The zero-order valence-corrected chi connectivity index (χ0v) is 36.2. The smallest absolute Gasteiger partial charge is 0.364 e. The molecule has 68 heavy (non-hydrogen) atoms. The van der Waals surface area contributed by atoms with E-state index in [1.54, 1.807) is 0 Å². The summed E-state index contributed by atoms with van der Waals surface area (Å²) in [5.74, 6) is -6.99. The van der Waals surface area contributed by atoms with Crippen LogP contribution in [-0.2, 0) is 57.0 Å². The van der Waals surface area contributed by atoms with Gasteiger partial charge >= 0.3 is 5.97 Å². The van der Waals surface area contributed by atoms with Crippen LogP contribution < -0.4 is 10.6 Å². The second-order valence-corrected chi connectivity index (χ2v) is 16.8. The van der Waals surface area contributed by atoms with Crippen molar-refractivity contribution in [3.05, 3.63) is 0 Å². The minimum absolute atomic E-state index is 0.818. The van der Waals surface area contributed by atoms with Gasteiger partial charge in [-0.2, -0.15) is 0 Å². The zero-order chi connectivity index (χ0) is 50.7. The summed E-state index contributed by atoms with van der Waals surface area (Å²) in [6, 6.07) is -3.51. The van der Waals surface area contributed by atoms with E-state index >= 15 is 0 Å². The standard InChI is InChI=1S/C37H62N2O29/c1-9(45)38-17-11(47)3-37(36(58)59,67-29(17)19(49)12(48)4-40)68-31-22(52)15(7-43)63-35(26(31)56)65-28-18(39-10(2)46)33(61-13(5-41)20(28)50)66-30-21(51)14(6-42)62-34(25(30)55)64-27-16(8-44)60-32(57)24(54)23(27)53/h11-35,40-44,47-57H,3-8H2,1-2H3,(H,38,45)(H,39,46)(H,58,59)/t11-,12+,13+,14+,15+,16+,17+,18+,19+,20+,21-,22-,23+,24+,25+,26+,27+,28+,29+,30-,31-,32?,33-,34-,35-,37-/m0/s1. The topological polar surface area (TPSA) is 502 Å². The van der Waals surface area contributed by atoms with Crippen LogP contribution >= 0.6 is 0 Å². The molecule has 0 spiro atoms. The zero-order valence-electron chi connectivity index (χ0n) is 36.2. The number of aliphatic hydroxyl groups excluding tert-OH is 16. The Balaban J connectivity index is 1.45. The second-order valence-electron chi connectivity index (χ2n) is 16.8. The normalized spacial score (nSPS) is 46.6. The van der Waals surface area contributed by atoms with Gasteiger partial charge in [0.1, 0.15) is 116 Å². The summed E-state index contributed by atoms with van der Waals surface area (Å²) in [7, 11) is 0. The quantitative estimate of drug-likeness (QED) is 0.0606. The maximum atomic E-state index is 13.0. The molecule has 2 amide bonds. The second kappa shape index (κ2) is 23.8. The highest BCUT2D eigenvalue weighted by molar-refractivity contribution is 5.76. The molecule has 1 unspecified atom stereocenters. The molecule has 0 saturated carbocycles. The van der Waals surface area contributed by atoms with Gasteiger partial charge in [0.15, 0.2) is 25.2 Å². The molecule has 0 aromatic carbocycles. The van der Waals surface area contributed by atoms with Crippen molar-refractivity contribution in [2.24, 2.45) is 0 Å². The third-order valence-electron chi connectivity index (χ3n) is 12.1. The number of carbonyl (C=O) groups is 3. The van der Waals surface area contributed by atoms with E-state index < -0.39 is 216 Å². The summed E-state index contributed by atoms with van der Waals surface area (Å²) in [5.41, 5.74) is 0. The van der Waals surface area contributed by atoms with Crippen molar-refractivity contribution in [3.8, 4) is 0 Å². The first-order valence-electron chi connectivity index (χ1n) is 21.2. The molecule has 31 heteroatoms. The van der Waals surface area contributed by atoms with Gasteiger partial charge in [-0.05, 0) is 0 Å². The minimum Gasteiger partial charge on any atom is -0.477 e. The summed E-state index contributed by atoms with van der Waals surface area (Å²) in [6.07, 6.45) is -47.6. The van der Waals surface area contributed by atoms with Crippen LogP contribution in [0.2, 0.25) is 0 Å². The lowest BCUT2D eigenvalue weighted by Gasteiger charge is -2.51. The van der Waals surface area contributed by atoms with Gasteiger partial charge in [0.05, 0.1) is 45.2 Å². The van der Waals surface area contributed by atoms with Gasteiger partial charge < -0.3 is 140 Å². The van der Waals surface area contributed by atoms with Gasteiger partial charge in [-0.25, -0.2) is 4.79 Å². The number of rotatable bonds is 18. The molecular formula is C37H62N2O29. The number of aliphatic carboxylic acids is 1. The molecule has 31 nitrogen and oxygen atoms in total. The Kier molecular flexibility index (Phi) is 19.7. The average molecular weight is 999 g/mol. The van der Waals surface area contributed by atoms with E-state index in [2.05, 4.69) is 10.6 Å². The maximum Gasteiger partial charge on any atom is 0.364 e. The predicted molar refractivity (Wildman–Crippen MR) is 207 cm³/mol. The molecule has 5 aliphatic rings. The van der Waals surface area contributed by atoms with Crippen molar-refractivity contribution in [2.45, 2.75) is 179 Å².